The molecular formula is C22H30N4O2S. The van der Waals surface area contributed by atoms with Crippen LogP contribution in [0.1, 0.15) is 55.3 Å². The molecule has 1 aromatic carbocycles. The van der Waals surface area contributed by atoms with E-state index in [0.717, 1.165) is 36.6 Å². The van der Waals surface area contributed by atoms with Crippen LogP contribution in [0.25, 0.3) is 0 Å². The monoisotopic (exact) mass is 414 g/mol. The van der Waals surface area contributed by atoms with Crippen LogP contribution < -0.4 is 4.90 Å². The van der Waals surface area contributed by atoms with Gasteiger partial charge in [0.1, 0.15) is 11.6 Å². The van der Waals surface area contributed by atoms with Crippen LogP contribution in [0.4, 0.5) is 5.82 Å². The molecule has 29 heavy (non-hydrogen) atoms. The quantitative estimate of drug-likeness (QED) is 0.768. The number of hydrogen-bond acceptors (Lipinski definition) is 5. The molecule has 1 saturated heterocycles. The Morgan fingerprint density at radius 3 is 2.31 bits per heavy atom. The van der Waals surface area contributed by atoms with Gasteiger partial charge in [0, 0.05) is 43.9 Å². The van der Waals surface area contributed by atoms with Crippen molar-refractivity contribution in [3.8, 4) is 0 Å². The largest absolute Gasteiger partial charge is 0.354 e. The fraction of sp³-hybridized carbons (Fsp3) is 0.545. The van der Waals surface area contributed by atoms with Crippen molar-refractivity contribution in [1.82, 2.24) is 14.3 Å². The summed E-state index contributed by atoms with van der Waals surface area (Å²) in [5, 5.41) is 0. The van der Waals surface area contributed by atoms with Crippen molar-refractivity contribution >= 4 is 15.8 Å². The molecule has 0 radical (unpaired) electrons. The summed E-state index contributed by atoms with van der Waals surface area (Å²) < 4.78 is 28.0. The Bertz CT molecular complexity index is 996. The van der Waals surface area contributed by atoms with Crippen LogP contribution in [-0.4, -0.2) is 48.9 Å². The SMILES string of the molecule is Cc1cc(N2CCN(S(=O)(=O)c3ccc4c(c3)CCCC4)CC2)nc(C(C)C)n1. The first-order chi connectivity index (χ1) is 13.8. The van der Waals surface area contributed by atoms with Crippen LogP contribution in [0.15, 0.2) is 29.2 Å². The van der Waals surface area contributed by atoms with Crippen molar-refractivity contribution < 1.29 is 8.42 Å². The summed E-state index contributed by atoms with van der Waals surface area (Å²) in [5.41, 5.74) is 3.46. The van der Waals surface area contributed by atoms with Gasteiger partial charge >= 0.3 is 0 Å². The van der Waals surface area contributed by atoms with Crippen molar-refractivity contribution in [2.24, 2.45) is 0 Å². The Morgan fingerprint density at radius 1 is 0.931 bits per heavy atom. The molecule has 2 aromatic rings. The van der Waals surface area contributed by atoms with Gasteiger partial charge in [-0.25, -0.2) is 18.4 Å². The van der Waals surface area contributed by atoms with Crippen LogP contribution in [0.3, 0.4) is 0 Å². The van der Waals surface area contributed by atoms with Gasteiger partial charge in [0.2, 0.25) is 10.0 Å². The maximum atomic E-state index is 13.2. The molecule has 6 nitrogen and oxygen atoms in total. The van der Waals surface area contributed by atoms with Gasteiger partial charge < -0.3 is 4.90 Å². The number of hydrogen-bond donors (Lipinski definition) is 0. The van der Waals surface area contributed by atoms with E-state index in [1.807, 2.05) is 25.1 Å². The number of aryl methyl sites for hydroxylation is 3. The smallest absolute Gasteiger partial charge is 0.243 e. The van der Waals surface area contributed by atoms with Gasteiger partial charge in [0.05, 0.1) is 4.90 Å². The first kappa shape index (κ1) is 20.3. The van der Waals surface area contributed by atoms with Crippen LogP contribution in [0, 0.1) is 6.92 Å². The van der Waals surface area contributed by atoms with E-state index < -0.39 is 10.0 Å². The topological polar surface area (TPSA) is 66.4 Å². The third-order valence-corrected chi connectivity index (χ3v) is 7.79. The predicted molar refractivity (Wildman–Crippen MR) is 115 cm³/mol. The molecule has 0 N–H and O–H groups in total. The van der Waals surface area contributed by atoms with Gasteiger partial charge in [-0.15, -0.1) is 0 Å². The molecule has 1 fully saturated rings. The van der Waals surface area contributed by atoms with Crippen LogP contribution in [0.2, 0.25) is 0 Å². The van der Waals surface area contributed by atoms with Crippen molar-refractivity contribution in [2.45, 2.75) is 57.3 Å². The highest BCUT2D eigenvalue weighted by atomic mass is 32.2. The van der Waals surface area contributed by atoms with E-state index >= 15 is 0 Å². The van der Waals surface area contributed by atoms with Crippen molar-refractivity contribution in [1.29, 1.82) is 0 Å². The lowest BCUT2D eigenvalue weighted by Crippen LogP contribution is -2.49. The van der Waals surface area contributed by atoms with Crippen LogP contribution >= 0.6 is 0 Å². The Morgan fingerprint density at radius 2 is 1.62 bits per heavy atom. The number of benzene rings is 1. The molecule has 2 aliphatic rings. The number of nitrogens with zero attached hydrogens (tertiary/aromatic N) is 4. The van der Waals surface area contributed by atoms with E-state index in [2.05, 4.69) is 23.7 Å². The molecule has 1 aliphatic carbocycles. The standard InChI is InChI=1S/C22H30N4O2S/c1-16(2)22-23-17(3)14-21(24-22)25-10-12-26(13-11-25)29(27,28)20-9-8-18-6-4-5-7-19(18)15-20/h8-9,14-16H,4-7,10-13H2,1-3H3. The van der Waals surface area contributed by atoms with E-state index in [1.54, 1.807) is 10.4 Å². The Labute approximate surface area is 174 Å². The minimum Gasteiger partial charge on any atom is -0.354 e. The van der Waals surface area contributed by atoms with Gasteiger partial charge in [0.15, 0.2) is 0 Å². The third kappa shape index (κ3) is 4.16. The number of piperazine rings is 1. The highest BCUT2D eigenvalue weighted by Gasteiger charge is 2.30. The summed E-state index contributed by atoms with van der Waals surface area (Å²) in [7, 11) is -3.46. The summed E-state index contributed by atoms with van der Waals surface area (Å²) in [5.74, 6) is 2.00. The summed E-state index contributed by atoms with van der Waals surface area (Å²) in [4.78, 5) is 11.8. The average Bonchev–Trinajstić information content (AvgIpc) is 2.73. The van der Waals surface area contributed by atoms with Crippen molar-refractivity contribution in [3.05, 3.63) is 46.9 Å². The normalized spacial score (nSPS) is 18.1. The summed E-state index contributed by atoms with van der Waals surface area (Å²) in [6.07, 6.45) is 4.39. The van der Waals surface area contributed by atoms with Crippen LogP contribution in [-0.2, 0) is 22.9 Å². The molecule has 0 saturated carbocycles. The van der Waals surface area contributed by atoms with E-state index in [0.29, 0.717) is 31.1 Å². The van der Waals surface area contributed by atoms with E-state index in [-0.39, 0.29) is 5.92 Å². The Kier molecular flexibility index (Phi) is 5.62. The van der Waals surface area contributed by atoms with E-state index in [4.69, 9.17) is 4.98 Å². The minimum absolute atomic E-state index is 0.263. The lowest BCUT2D eigenvalue weighted by Gasteiger charge is -2.35. The molecule has 2 heterocycles. The molecule has 156 valence electrons. The average molecular weight is 415 g/mol. The maximum Gasteiger partial charge on any atom is 0.243 e. The molecule has 4 rings (SSSR count). The summed E-state index contributed by atoms with van der Waals surface area (Å²) in [6, 6.07) is 7.68. The van der Waals surface area contributed by atoms with E-state index in [9.17, 15) is 8.42 Å². The summed E-state index contributed by atoms with van der Waals surface area (Å²) >= 11 is 0. The van der Waals surface area contributed by atoms with Crippen molar-refractivity contribution in [2.75, 3.05) is 31.1 Å². The highest BCUT2D eigenvalue weighted by Crippen LogP contribution is 2.27. The van der Waals surface area contributed by atoms with Gasteiger partial charge in [-0.3, -0.25) is 0 Å². The molecule has 0 atom stereocenters. The number of aromatic nitrogens is 2. The zero-order chi connectivity index (χ0) is 20.6. The zero-order valence-electron chi connectivity index (χ0n) is 17.6. The second-order valence-electron chi connectivity index (χ2n) is 8.41. The fourth-order valence-corrected chi connectivity index (χ4v) is 5.64. The van der Waals surface area contributed by atoms with Crippen LogP contribution in [0.5, 0.6) is 0 Å². The molecule has 0 unspecified atom stereocenters. The lowest BCUT2D eigenvalue weighted by atomic mass is 9.92. The number of rotatable bonds is 4. The second kappa shape index (κ2) is 8.03. The minimum atomic E-state index is -3.46. The number of sulfonamides is 1. The van der Waals surface area contributed by atoms with Gasteiger partial charge in [0.25, 0.3) is 0 Å². The molecule has 7 heteroatoms. The van der Waals surface area contributed by atoms with Gasteiger partial charge in [-0.05, 0) is 55.9 Å². The third-order valence-electron chi connectivity index (χ3n) is 5.89. The highest BCUT2D eigenvalue weighted by molar-refractivity contribution is 7.89. The predicted octanol–water partition coefficient (Wildman–Crippen LogP) is 3.30. The molecule has 0 amide bonds. The Hall–Kier alpha value is -1.99. The molecule has 1 aromatic heterocycles. The number of anilines is 1. The Balaban J connectivity index is 1.49. The van der Waals surface area contributed by atoms with Gasteiger partial charge in [-0.1, -0.05) is 19.9 Å². The van der Waals surface area contributed by atoms with E-state index in [1.165, 1.54) is 17.5 Å². The second-order valence-corrected chi connectivity index (χ2v) is 10.3. The first-order valence-corrected chi connectivity index (χ1v) is 12.0. The zero-order valence-corrected chi connectivity index (χ0v) is 18.4. The molecule has 0 bridgehead atoms. The molecule has 0 spiro atoms. The van der Waals surface area contributed by atoms with Gasteiger partial charge in [-0.2, -0.15) is 4.31 Å². The fourth-order valence-electron chi connectivity index (χ4n) is 4.17. The van der Waals surface area contributed by atoms with Crippen molar-refractivity contribution in [3.63, 3.8) is 0 Å². The summed E-state index contributed by atoms with van der Waals surface area (Å²) in [6.45, 7) is 8.37. The maximum absolute atomic E-state index is 13.2. The molecular weight excluding hydrogens is 384 g/mol. The number of fused-ring (bicyclic) bond motifs is 1. The molecule has 1 aliphatic heterocycles. The lowest BCUT2D eigenvalue weighted by molar-refractivity contribution is 0.383. The first-order valence-electron chi connectivity index (χ1n) is 10.6.